The van der Waals surface area contributed by atoms with Gasteiger partial charge >= 0.3 is 0 Å². The maximum absolute atomic E-state index is 13.4. The molecule has 4 aromatic rings. The summed E-state index contributed by atoms with van der Waals surface area (Å²) in [4.78, 5) is 17.8. The van der Waals surface area contributed by atoms with Crippen LogP contribution in [0, 0.1) is 5.82 Å². The van der Waals surface area contributed by atoms with Gasteiger partial charge in [-0.1, -0.05) is 13.3 Å². The van der Waals surface area contributed by atoms with Crippen molar-refractivity contribution in [3.05, 3.63) is 66.0 Å². The van der Waals surface area contributed by atoms with Crippen LogP contribution in [0.4, 0.5) is 4.39 Å². The lowest BCUT2D eigenvalue weighted by atomic mass is 10.0. The van der Waals surface area contributed by atoms with Gasteiger partial charge in [0, 0.05) is 17.7 Å². The smallest absolute Gasteiger partial charge is 0.252 e. The molecular formula is C25H25FN4O2. The first-order valence-electron chi connectivity index (χ1n) is 10.8. The van der Waals surface area contributed by atoms with Crippen molar-refractivity contribution in [1.29, 1.82) is 0 Å². The van der Waals surface area contributed by atoms with E-state index >= 15 is 0 Å². The number of aromatic nitrogens is 3. The normalized spacial score (nSPS) is 11.0. The van der Waals surface area contributed by atoms with Gasteiger partial charge in [-0.25, -0.2) is 9.37 Å². The number of nitrogens with zero attached hydrogens (tertiary/aromatic N) is 2. The monoisotopic (exact) mass is 432 g/mol. The minimum atomic E-state index is -0.328. The zero-order valence-corrected chi connectivity index (χ0v) is 18.1. The highest BCUT2D eigenvalue weighted by molar-refractivity contribution is 6.10. The summed E-state index contributed by atoms with van der Waals surface area (Å²) in [6.45, 7) is 5.18. The van der Waals surface area contributed by atoms with E-state index in [2.05, 4.69) is 27.4 Å². The van der Waals surface area contributed by atoms with Crippen LogP contribution < -0.4 is 10.1 Å². The standard InChI is InChI=1S/C25H25FN4O2/c1-3-5-14-27-25(31)20-15-21(16-8-12-19(13-9-16)32-4-2)28-24-22(20)23(29-30-24)17-6-10-18(26)11-7-17/h6-13,15H,3-5,14H2,1-2H3,(H,27,31)(H,28,29,30). The Morgan fingerprint density at radius 1 is 1.06 bits per heavy atom. The van der Waals surface area contributed by atoms with Gasteiger partial charge < -0.3 is 10.1 Å². The van der Waals surface area contributed by atoms with Gasteiger partial charge in [-0.05, 0) is 67.9 Å². The Morgan fingerprint density at radius 2 is 1.78 bits per heavy atom. The number of H-pyrrole nitrogens is 1. The zero-order valence-electron chi connectivity index (χ0n) is 18.1. The summed E-state index contributed by atoms with van der Waals surface area (Å²) < 4.78 is 18.9. The van der Waals surface area contributed by atoms with E-state index < -0.39 is 0 Å². The predicted octanol–water partition coefficient (Wildman–Crippen LogP) is 5.36. The van der Waals surface area contributed by atoms with E-state index in [0.717, 1.165) is 29.7 Å². The Hall–Kier alpha value is -3.74. The van der Waals surface area contributed by atoms with Gasteiger partial charge in [0.2, 0.25) is 0 Å². The molecule has 1 amide bonds. The van der Waals surface area contributed by atoms with E-state index in [0.29, 0.717) is 41.1 Å². The fourth-order valence-corrected chi connectivity index (χ4v) is 3.54. The molecule has 0 radical (unpaired) electrons. The maximum atomic E-state index is 13.4. The highest BCUT2D eigenvalue weighted by atomic mass is 19.1. The lowest BCUT2D eigenvalue weighted by molar-refractivity contribution is 0.0955. The molecule has 0 aliphatic rings. The van der Waals surface area contributed by atoms with E-state index in [1.807, 2.05) is 31.2 Å². The average Bonchev–Trinajstić information content (AvgIpc) is 3.24. The third kappa shape index (κ3) is 4.46. The number of nitrogens with one attached hydrogen (secondary N) is 2. The Balaban J connectivity index is 1.82. The molecule has 164 valence electrons. The fourth-order valence-electron chi connectivity index (χ4n) is 3.54. The van der Waals surface area contributed by atoms with Crippen LogP contribution in [-0.4, -0.2) is 34.2 Å². The summed E-state index contributed by atoms with van der Waals surface area (Å²) in [5.41, 5.74) is 3.75. The van der Waals surface area contributed by atoms with Crippen molar-refractivity contribution in [2.45, 2.75) is 26.7 Å². The van der Waals surface area contributed by atoms with E-state index in [9.17, 15) is 9.18 Å². The minimum absolute atomic E-state index is 0.192. The molecule has 0 saturated heterocycles. The summed E-state index contributed by atoms with van der Waals surface area (Å²) in [6.07, 6.45) is 1.87. The van der Waals surface area contributed by atoms with Crippen molar-refractivity contribution in [3.8, 4) is 28.3 Å². The maximum Gasteiger partial charge on any atom is 0.252 e. The number of carbonyl (C=O) groups excluding carboxylic acids is 1. The van der Waals surface area contributed by atoms with E-state index in [-0.39, 0.29) is 11.7 Å². The number of halogens is 1. The van der Waals surface area contributed by atoms with Crippen LogP contribution in [-0.2, 0) is 0 Å². The highest BCUT2D eigenvalue weighted by Crippen LogP contribution is 2.32. The predicted molar refractivity (Wildman–Crippen MR) is 123 cm³/mol. The molecule has 2 N–H and O–H groups in total. The minimum Gasteiger partial charge on any atom is -0.494 e. The third-order valence-corrected chi connectivity index (χ3v) is 5.18. The second-order valence-electron chi connectivity index (χ2n) is 7.43. The zero-order chi connectivity index (χ0) is 22.5. The van der Waals surface area contributed by atoms with E-state index in [1.165, 1.54) is 12.1 Å². The first-order valence-corrected chi connectivity index (χ1v) is 10.8. The second kappa shape index (κ2) is 9.60. The van der Waals surface area contributed by atoms with Crippen LogP contribution in [0.25, 0.3) is 33.5 Å². The molecule has 7 heteroatoms. The first kappa shape index (κ1) is 21.5. The topological polar surface area (TPSA) is 79.9 Å². The number of benzene rings is 2. The number of carbonyl (C=O) groups is 1. The largest absolute Gasteiger partial charge is 0.494 e. The summed E-state index contributed by atoms with van der Waals surface area (Å²) >= 11 is 0. The summed E-state index contributed by atoms with van der Waals surface area (Å²) in [5, 5.41) is 10.9. The van der Waals surface area contributed by atoms with Gasteiger partial charge in [0.15, 0.2) is 5.65 Å². The summed E-state index contributed by atoms with van der Waals surface area (Å²) in [5.74, 6) is 0.252. The number of amides is 1. The number of hydrogen-bond acceptors (Lipinski definition) is 4. The average molecular weight is 432 g/mol. The molecule has 0 atom stereocenters. The van der Waals surface area contributed by atoms with Crippen LogP contribution in [0.3, 0.4) is 0 Å². The highest BCUT2D eigenvalue weighted by Gasteiger charge is 2.20. The molecule has 0 aliphatic heterocycles. The molecule has 32 heavy (non-hydrogen) atoms. The number of hydrogen-bond donors (Lipinski definition) is 2. The van der Waals surface area contributed by atoms with Gasteiger partial charge in [-0.2, -0.15) is 5.10 Å². The first-order chi connectivity index (χ1) is 15.6. The Bertz CT molecular complexity index is 1220. The number of rotatable bonds is 8. The molecule has 0 bridgehead atoms. The summed E-state index contributed by atoms with van der Waals surface area (Å²) in [6, 6.07) is 15.4. The summed E-state index contributed by atoms with van der Waals surface area (Å²) in [7, 11) is 0. The van der Waals surface area contributed by atoms with Crippen molar-refractivity contribution in [3.63, 3.8) is 0 Å². The molecule has 0 spiro atoms. The number of pyridine rings is 1. The molecule has 2 aromatic carbocycles. The molecule has 0 saturated carbocycles. The van der Waals surface area contributed by atoms with Gasteiger partial charge in [-0.15, -0.1) is 0 Å². The molecule has 4 rings (SSSR count). The quantitative estimate of drug-likeness (QED) is 0.367. The van der Waals surface area contributed by atoms with Crippen molar-refractivity contribution in [1.82, 2.24) is 20.5 Å². The van der Waals surface area contributed by atoms with Crippen molar-refractivity contribution >= 4 is 16.9 Å². The molecule has 2 heterocycles. The molecular weight excluding hydrogens is 407 g/mol. The van der Waals surface area contributed by atoms with Gasteiger partial charge in [0.1, 0.15) is 11.6 Å². The molecule has 0 aliphatic carbocycles. The van der Waals surface area contributed by atoms with Gasteiger partial charge in [0.05, 0.1) is 28.9 Å². The van der Waals surface area contributed by atoms with Crippen molar-refractivity contribution < 1.29 is 13.9 Å². The fraction of sp³-hybridized carbons (Fsp3) is 0.240. The van der Waals surface area contributed by atoms with Crippen LogP contribution in [0.2, 0.25) is 0 Å². The number of fused-ring (bicyclic) bond motifs is 1. The van der Waals surface area contributed by atoms with Gasteiger partial charge in [0.25, 0.3) is 5.91 Å². The molecule has 2 aromatic heterocycles. The lowest BCUT2D eigenvalue weighted by Gasteiger charge is -2.10. The Morgan fingerprint density at radius 3 is 2.47 bits per heavy atom. The third-order valence-electron chi connectivity index (χ3n) is 5.18. The van der Waals surface area contributed by atoms with E-state index in [4.69, 9.17) is 4.74 Å². The van der Waals surface area contributed by atoms with Crippen LogP contribution in [0.15, 0.2) is 54.6 Å². The molecule has 0 fully saturated rings. The van der Waals surface area contributed by atoms with Crippen LogP contribution >= 0.6 is 0 Å². The van der Waals surface area contributed by atoms with Crippen molar-refractivity contribution in [2.24, 2.45) is 0 Å². The Kier molecular flexibility index (Phi) is 6.44. The number of aromatic amines is 1. The lowest BCUT2D eigenvalue weighted by Crippen LogP contribution is -2.24. The Labute approximate surface area is 185 Å². The molecule has 6 nitrogen and oxygen atoms in total. The van der Waals surface area contributed by atoms with Crippen molar-refractivity contribution in [2.75, 3.05) is 13.2 Å². The van der Waals surface area contributed by atoms with E-state index in [1.54, 1.807) is 18.2 Å². The number of unbranched alkanes of at least 4 members (excludes halogenated alkanes) is 1. The number of ether oxygens (including phenoxy) is 1. The SMILES string of the molecule is CCCCNC(=O)c1cc(-c2ccc(OCC)cc2)nc2n[nH]c(-c3ccc(F)cc3)c12. The van der Waals surface area contributed by atoms with Gasteiger partial charge in [-0.3, -0.25) is 9.89 Å². The van der Waals surface area contributed by atoms with Crippen LogP contribution in [0.1, 0.15) is 37.0 Å². The second-order valence-corrected chi connectivity index (χ2v) is 7.43. The van der Waals surface area contributed by atoms with Crippen LogP contribution in [0.5, 0.6) is 5.75 Å². The molecule has 0 unspecified atom stereocenters.